The van der Waals surface area contributed by atoms with Gasteiger partial charge in [0.05, 0.1) is 18.8 Å². The van der Waals surface area contributed by atoms with E-state index in [0.29, 0.717) is 0 Å². The van der Waals surface area contributed by atoms with E-state index in [2.05, 4.69) is 17.1 Å². The Morgan fingerprint density at radius 1 is 0.960 bits per heavy atom. The van der Waals surface area contributed by atoms with Crippen LogP contribution in [-0.2, 0) is 22.3 Å². The third-order valence-electron chi connectivity index (χ3n) is 4.45. The fraction of sp³-hybridized carbons (Fsp3) is 0.400. The van der Waals surface area contributed by atoms with E-state index in [1.165, 1.54) is 24.0 Å². The molecule has 1 aliphatic carbocycles. The molecule has 5 nitrogen and oxygen atoms in total. The fourth-order valence-corrected chi connectivity index (χ4v) is 3.25. The van der Waals surface area contributed by atoms with Crippen LogP contribution < -0.4 is 0 Å². The van der Waals surface area contributed by atoms with Crippen LogP contribution >= 0.6 is 0 Å². The zero-order valence-electron chi connectivity index (χ0n) is 14.7. The number of carbonyl (C=O) groups excluding carboxylic acids is 2. The first-order chi connectivity index (χ1) is 12.1. The number of aryl methyl sites for hydroxylation is 2. The third kappa shape index (κ3) is 3.60. The van der Waals surface area contributed by atoms with Crippen molar-refractivity contribution in [3.8, 4) is 11.3 Å². The van der Waals surface area contributed by atoms with Gasteiger partial charge in [0.15, 0.2) is 0 Å². The number of hydrogen-bond acceptors (Lipinski definition) is 4. The minimum absolute atomic E-state index is 0.146. The van der Waals surface area contributed by atoms with Crippen LogP contribution in [-0.4, -0.2) is 30.1 Å². The van der Waals surface area contributed by atoms with Crippen molar-refractivity contribution in [1.82, 2.24) is 4.98 Å². The molecule has 0 saturated heterocycles. The van der Waals surface area contributed by atoms with E-state index in [1.54, 1.807) is 19.9 Å². The SMILES string of the molecule is CCOC(=O)c1cc(-c2ccc3c(c2)CCCC3)[nH]c1C(=O)OCC. The number of fused-ring (bicyclic) bond motifs is 1. The number of carbonyl (C=O) groups is 2. The smallest absolute Gasteiger partial charge is 0.355 e. The Bertz CT molecular complexity index is 755. The molecule has 0 atom stereocenters. The molecule has 1 aromatic heterocycles. The van der Waals surface area contributed by atoms with Gasteiger partial charge in [-0.15, -0.1) is 0 Å². The summed E-state index contributed by atoms with van der Waals surface area (Å²) in [6.07, 6.45) is 4.61. The Balaban J connectivity index is 2.00. The fourth-order valence-electron chi connectivity index (χ4n) is 3.25. The van der Waals surface area contributed by atoms with Crippen LogP contribution in [0.3, 0.4) is 0 Å². The van der Waals surface area contributed by atoms with Gasteiger partial charge in [-0.05, 0) is 68.4 Å². The molecule has 0 spiro atoms. The molecular weight excluding hydrogens is 318 g/mol. The lowest BCUT2D eigenvalue weighted by Crippen LogP contribution is -2.12. The van der Waals surface area contributed by atoms with Gasteiger partial charge in [-0.25, -0.2) is 9.59 Å². The Labute approximate surface area is 147 Å². The summed E-state index contributed by atoms with van der Waals surface area (Å²) in [6, 6.07) is 7.98. The van der Waals surface area contributed by atoms with Gasteiger partial charge >= 0.3 is 11.9 Å². The van der Waals surface area contributed by atoms with E-state index in [1.807, 2.05) is 6.07 Å². The summed E-state index contributed by atoms with van der Waals surface area (Å²) in [4.78, 5) is 27.4. The van der Waals surface area contributed by atoms with E-state index in [-0.39, 0.29) is 24.5 Å². The van der Waals surface area contributed by atoms with E-state index >= 15 is 0 Å². The average Bonchev–Trinajstić information content (AvgIpc) is 3.07. The van der Waals surface area contributed by atoms with Crippen molar-refractivity contribution in [1.29, 1.82) is 0 Å². The number of ether oxygens (including phenoxy) is 2. The van der Waals surface area contributed by atoms with Crippen LogP contribution in [0.4, 0.5) is 0 Å². The monoisotopic (exact) mass is 341 g/mol. The Morgan fingerprint density at radius 2 is 1.64 bits per heavy atom. The molecule has 3 rings (SSSR count). The molecule has 1 heterocycles. The van der Waals surface area contributed by atoms with E-state index in [4.69, 9.17) is 9.47 Å². The summed E-state index contributed by atoms with van der Waals surface area (Å²) in [7, 11) is 0. The average molecular weight is 341 g/mol. The second-order valence-corrected chi connectivity index (χ2v) is 6.10. The Kier molecular flexibility index (Phi) is 5.22. The molecule has 0 aliphatic heterocycles. The number of nitrogens with one attached hydrogen (secondary N) is 1. The van der Waals surface area contributed by atoms with Gasteiger partial charge in [0.2, 0.25) is 0 Å². The maximum Gasteiger partial charge on any atom is 0.355 e. The molecule has 1 aromatic carbocycles. The number of aromatic amines is 1. The van der Waals surface area contributed by atoms with Gasteiger partial charge in [-0.1, -0.05) is 12.1 Å². The molecule has 0 unspecified atom stereocenters. The maximum absolute atomic E-state index is 12.2. The zero-order valence-corrected chi connectivity index (χ0v) is 14.7. The van der Waals surface area contributed by atoms with Crippen molar-refractivity contribution >= 4 is 11.9 Å². The largest absolute Gasteiger partial charge is 0.462 e. The Morgan fingerprint density at radius 3 is 2.36 bits per heavy atom. The standard InChI is InChI=1S/C20H23NO4/c1-3-24-19(22)16-12-17(21-18(16)20(23)25-4-2)15-10-9-13-7-5-6-8-14(13)11-15/h9-12,21H,3-8H2,1-2H3. The third-order valence-corrected chi connectivity index (χ3v) is 4.45. The molecule has 0 fully saturated rings. The van der Waals surface area contributed by atoms with Crippen molar-refractivity contribution < 1.29 is 19.1 Å². The van der Waals surface area contributed by atoms with E-state index < -0.39 is 11.9 Å². The van der Waals surface area contributed by atoms with Crippen molar-refractivity contribution in [3.05, 3.63) is 46.6 Å². The van der Waals surface area contributed by atoms with Gasteiger partial charge < -0.3 is 14.5 Å². The summed E-state index contributed by atoms with van der Waals surface area (Å²) in [5, 5.41) is 0. The minimum atomic E-state index is -0.547. The van der Waals surface area contributed by atoms with Crippen LogP contribution in [0.5, 0.6) is 0 Å². The van der Waals surface area contributed by atoms with Crippen molar-refractivity contribution in [2.75, 3.05) is 13.2 Å². The molecule has 132 valence electrons. The number of benzene rings is 1. The maximum atomic E-state index is 12.2. The van der Waals surface area contributed by atoms with Gasteiger partial charge in [0.1, 0.15) is 5.69 Å². The first-order valence-corrected chi connectivity index (χ1v) is 8.83. The number of aromatic nitrogens is 1. The summed E-state index contributed by atoms with van der Waals surface area (Å²) in [6.45, 7) is 3.96. The van der Waals surface area contributed by atoms with E-state index in [0.717, 1.165) is 24.1 Å². The normalized spacial score (nSPS) is 13.2. The second kappa shape index (κ2) is 7.55. The van der Waals surface area contributed by atoms with Crippen LogP contribution in [0.15, 0.2) is 24.3 Å². The van der Waals surface area contributed by atoms with Crippen molar-refractivity contribution in [2.45, 2.75) is 39.5 Å². The van der Waals surface area contributed by atoms with Gasteiger partial charge in [-0.2, -0.15) is 0 Å². The van der Waals surface area contributed by atoms with Gasteiger partial charge in [0.25, 0.3) is 0 Å². The lowest BCUT2D eigenvalue weighted by atomic mass is 9.90. The molecule has 25 heavy (non-hydrogen) atoms. The number of hydrogen-bond donors (Lipinski definition) is 1. The first-order valence-electron chi connectivity index (χ1n) is 8.83. The quantitative estimate of drug-likeness (QED) is 0.837. The highest BCUT2D eigenvalue weighted by atomic mass is 16.5. The highest BCUT2D eigenvalue weighted by Gasteiger charge is 2.23. The second-order valence-electron chi connectivity index (χ2n) is 6.10. The molecule has 0 amide bonds. The predicted octanol–water partition coefficient (Wildman–Crippen LogP) is 3.91. The molecule has 0 saturated carbocycles. The highest BCUT2D eigenvalue weighted by Crippen LogP contribution is 2.29. The molecule has 2 aromatic rings. The first kappa shape index (κ1) is 17.3. The summed E-state index contributed by atoms with van der Waals surface area (Å²) >= 11 is 0. The summed E-state index contributed by atoms with van der Waals surface area (Å²) in [5.41, 5.74) is 4.77. The van der Waals surface area contributed by atoms with Crippen LogP contribution in [0.25, 0.3) is 11.3 Å². The molecule has 0 radical (unpaired) electrons. The number of esters is 2. The highest BCUT2D eigenvalue weighted by molar-refractivity contribution is 6.03. The number of H-pyrrole nitrogens is 1. The van der Waals surface area contributed by atoms with Crippen molar-refractivity contribution in [2.24, 2.45) is 0 Å². The molecule has 0 bridgehead atoms. The summed E-state index contributed by atoms with van der Waals surface area (Å²) < 4.78 is 10.1. The van der Waals surface area contributed by atoms with Crippen LogP contribution in [0.1, 0.15) is 58.7 Å². The molecule has 1 aliphatic rings. The van der Waals surface area contributed by atoms with Crippen LogP contribution in [0, 0.1) is 0 Å². The lowest BCUT2D eigenvalue weighted by molar-refractivity contribution is 0.0475. The predicted molar refractivity (Wildman–Crippen MR) is 94.8 cm³/mol. The summed E-state index contributed by atoms with van der Waals surface area (Å²) in [5.74, 6) is -1.07. The number of rotatable bonds is 5. The topological polar surface area (TPSA) is 68.4 Å². The Hall–Kier alpha value is -2.56. The van der Waals surface area contributed by atoms with Crippen LogP contribution in [0.2, 0.25) is 0 Å². The molecule has 5 heteroatoms. The van der Waals surface area contributed by atoms with E-state index in [9.17, 15) is 9.59 Å². The molecule has 1 N–H and O–H groups in total. The van der Waals surface area contributed by atoms with Gasteiger partial charge in [-0.3, -0.25) is 0 Å². The van der Waals surface area contributed by atoms with Gasteiger partial charge in [0, 0.05) is 5.69 Å². The molecular formula is C20H23NO4. The lowest BCUT2D eigenvalue weighted by Gasteiger charge is -2.16. The minimum Gasteiger partial charge on any atom is -0.462 e. The van der Waals surface area contributed by atoms with Crippen molar-refractivity contribution in [3.63, 3.8) is 0 Å². The zero-order chi connectivity index (χ0) is 17.8.